The van der Waals surface area contributed by atoms with Gasteiger partial charge in [-0.25, -0.2) is 4.98 Å². The van der Waals surface area contributed by atoms with Gasteiger partial charge in [-0.2, -0.15) is 0 Å². The van der Waals surface area contributed by atoms with Gasteiger partial charge in [0.2, 0.25) is 5.89 Å². The van der Waals surface area contributed by atoms with Crippen LogP contribution in [0.2, 0.25) is 15.1 Å². The van der Waals surface area contributed by atoms with Crippen molar-refractivity contribution < 1.29 is 13.6 Å². The zero-order valence-electron chi connectivity index (χ0n) is 19.8. The summed E-state index contributed by atoms with van der Waals surface area (Å²) < 4.78 is 11.7. The van der Waals surface area contributed by atoms with E-state index in [0.29, 0.717) is 49.1 Å². The van der Waals surface area contributed by atoms with E-state index >= 15 is 0 Å². The molecule has 0 aliphatic rings. The first-order chi connectivity index (χ1) is 18.9. The zero-order chi connectivity index (χ0) is 27.1. The third-order valence-electron chi connectivity index (χ3n) is 6.00. The minimum atomic E-state index is -0.517. The number of thiocarbonyl (C=S) groups is 1. The molecule has 0 fully saturated rings. The SMILES string of the molecule is O=C(NC(=S)Nc1ccc2oc(-c3cccc4c(Cl)cccc34)nc2c1)c1ccc(-c2cc(Cl)ccc2Cl)o1. The summed E-state index contributed by atoms with van der Waals surface area (Å²) in [6.07, 6.45) is 0. The number of nitrogens with one attached hydrogen (secondary N) is 2. The number of hydrogen-bond donors (Lipinski definition) is 2. The summed E-state index contributed by atoms with van der Waals surface area (Å²) in [6.45, 7) is 0. The average Bonchev–Trinajstić information content (AvgIpc) is 3.57. The lowest BCUT2D eigenvalue weighted by Crippen LogP contribution is -2.33. The van der Waals surface area contributed by atoms with E-state index in [2.05, 4.69) is 15.6 Å². The summed E-state index contributed by atoms with van der Waals surface area (Å²) >= 11 is 24.0. The molecule has 0 radical (unpaired) electrons. The second-order valence-corrected chi connectivity index (χ2v) is 10.2. The number of nitrogens with zero attached hydrogens (tertiary/aromatic N) is 1. The number of fused-ring (bicyclic) bond motifs is 2. The molecular formula is C29H16Cl3N3O3S. The molecule has 6 nitrogen and oxygen atoms in total. The number of amides is 1. The van der Waals surface area contributed by atoms with Crippen molar-refractivity contribution in [2.45, 2.75) is 0 Å². The average molecular weight is 593 g/mol. The highest BCUT2D eigenvalue weighted by atomic mass is 35.5. The van der Waals surface area contributed by atoms with Gasteiger partial charge in [-0.1, -0.05) is 59.1 Å². The molecule has 0 atom stereocenters. The molecule has 0 bridgehead atoms. The van der Waals surface area contributed by atoms with E-state index in [0.717, 1.165) is 16.3 Å². The minimum Gasteiger partial charge on any atom is -0.451 e. The molecular weight excluding hydrogens is 577 g/mol. The molecule has 39 heavy (non-hydrogen) atoms. The standard InChI is InChI=1S/C29H16Cl3N3O3S/c30-15-7-9-22(32)20(13-15)24-11-12-26(37-24)27(36)35-29(39)33-16-8-10-25-23(14-16)34-28(38-25)19-5-1-4-18-17(19)3-2-6-21(18)31/h1-14H,(H2,33,35,36,39). The van der Waals surface area contributed by atoms with Gasteiger partial charge in [0.1, 0.15) is 11.3 Å². The summed E-state index contributed by atoms with van der Waals surface area (Å²) in [5.41, 5.74) is 3.26. The van der Waals surface area contributed by atoms with Crippen LogP contribution in [0.5, 0.6) is 0 Å². The van der Waals surface area contributed by atoms with Gasteiger partial charge in [-0.3, -0.25) is 10.1 Å². The van der Waals surface area contributed by atoms with E-state index in [1.54, 1.807) is 42.5 Å². The zero-order valence-corrected chi connectivity index (χ0v) is 22.9. The Bertz CT molecular complexity index is 1910. The van der Waals surface area contributed by atoms with Crippen molar-refractivity contribution in [1.82, 2.24) is 10.3 Å². The molecule has 2 heterocycles. The highest BCUT2D eigenvalue weighted by molar-refractivity contribution is 7.80. The van der Waals surface area contributed by atoms with Crippen LogP contribution in [0, 0.1) is 0 Å². The van der Waals surface area contributed by atoms with Crippen LogP contribution in [0.15, 0.2) is 93.8 Å². The van der Waals surface area contributed by atoms with Crippen molar-refractivity contribution in [2.75, 3.05) is 5.32 Å². The first-order valence-electron chi connectivity index (χ1n) is 11.6. The number of rotatable bonds is 4. The van der Waals surface area contributed by atoms with Gasteiger partial charge in [0, 0.05) is 32.2 Å². The predicted molar refractivity (Wildman–Crippen MR) is 160 cm³/mol. The third kappa shape index (κ3) is 5.10. The Kier molecular flexibility index (Phi) is 6.74. The predicted octanol–water partition coefficient (Wildman–Crippen LogP) is 8.99. The molecule has 4 aromatic carbocycles. The normalized spacial score (nSPS) is 11.2. The number of halogens is 3. The van der Waals surface area contributed by atoms with Gasteiger partial charge in [-0.15, -0.1) is 0 Å². The Morgan fingerprint density at radius 1 is 0.795 bits per heavy atom. The van der Waals surface area contributed by atoms with Gasteiger partial charge in [-0.05, 0) is 78.3 Å². The quantitative estimate of drug-likeness (QED) is 0.199. The molecule has 0 aliphatic heterocycles. The number of carbonyl (C=O) groups excluding carboxylic acids is 1. The van der Waals surface area contributed by atoms with Crippen LogP contribution < -0.4 is 10.6 Å². The van der Waals surface area contributed by atoms with Crippen molar-refractivity contribution in [3.63, 3.8) is 0 Å². The molecule has 6 rings (SSSR count). The van der Waals surface area contributed by atoms with Crippen LogP contribution in [0.1, 0.15) is 10.6 Å². The number of furan rings is 1. The van der Waals surface area contributed by atoms with Crippen LogP contribution in [-0.4, -0.2) is 16.0 Å². The van der Waals surface area contributed by atoms with Crippen molar-refractivity contribution in [3.8, 4) is 22.8 Å². The van der Waals surface area contributed by atoms with Crippen LogP contribution in [-0.2, 0) is 0 Å². The maximum atomic E-state index is 12.7. The van der Waals surface area contributed by atoms with E-state index in [1.165, 1.54) is 6.07 Å². The highest BCUT2D eigenvalue weighted by Gasteiger charge is 2.17. The highest BCUT2D eigenvalue weighted by Crippen LogP contribution is 2.34. The number of aromatic nitrogens is 1. The van der Waals surface area contributed by atoms with Gasteiger partial charge >= 0.3 is 0 Å². The number of hydrogen-bond acceptors (Lipinski definition) is 5. The number of benzene rings is 4. The first-order valence-corrected chi connectivity index (χ1v) is 13.2. The Morgan fingerprint density at radius 3 is 2.49 bits per heavy atom. The smallest absolute Gasteiger partial charge is 0.293 e. The molecule has 10 heteroatoms. The van der Waals surface area contributed by atoms with Gasteiger partial charge < -0.3 is 14.2 Å². The fourth-order valence-electron chi connectivity index (χ4n) is 4.20. The second-order valence-electron chi connectivity index (χ2n) is 8.54. The van der Waals surface area contributed by atoms with Gasteiger partial charge in [0.15, 0.2) is 16.5 Å². The molecule has 0 unspecified atom stereocenters. The monoisotopic (exact) mass is 591 g/mol. The minimum absolute atomic E-state index is 0.0666. The molecule has 0 saturated carbocycles. The Labute approximate surface area is 242 Å². The number of anilines is 1. The van der Waals surface area contributed by atoms with Crippen molar-refractivity contribution in [2.24, 2.45) is 0 Å². The van der Waals surface area contributed by atoms with E-state index in [4.69, 9.17) is 55.9 Å². The Morgan fingerprint density at radius 2 is 1.62 bits per heavy atom. The molecule has 192 valence electrons. The lowest BCUT2D eigenvalue weighted by atomic mass is 10.0. The molecule has 0 spiro atoms. The molecule has 0 saturated heterocycles. The van der Waals surface area contributed by atoms with Crippen LogP contribution in [0.4, 0.5) is 5.69 Å². The molecule has 0 aliphatic carbocycles. The molecule has 6 aromatic rings. The Balaban J connectivity index is 1.18. The third-order valence-corrected chi connectivity index (χ3v) is 7.09. The van der Waals surface area contributed by atoms with E-state index in [-0.39, 0.29) is 10.9 Å². The van der Waals surface area contributed by atoms with Crippen molar-refractivity contribution >= 4 is 85.6 Å². The van der Waals surface area contributed by atoms with Crippen LogP contribution in [0.3, 0.4) is 0 Å². The lowest BCUT2D eigenvalue weighted by molar-refractivity contribution is 0.0951. The van der Waals surface area contributed by atoms with Crippen LogP contribution in [0.25, 0.3) is 44.7 Å². The van der Waals surface area contributed by atoms with Crippen molar-refractivity contribution in [3.05, 3.63) is 106 Å². The van der Waals surface area contributed by atoms with Gasteiger partial charge in [0.25, 0.3) is 5.91 Å². The van der Waals surface area contributed by atoms with E-state index in [1.807, 2.05) is 36.4 Å². The summed E-state index contributed by atoms with van der Waals surface area (Å²) in [5.74, 6) is 0.430. The summed E-state index contributed by atoms with van der Waals surface area (Å²) in [5, 5.41) is 9.17. The number of carbonyl (C=O) groups is 1. The maximum absolute atomic E-state index is 12.7. The fraction of sp³-hybridized carbons (Fsp3) is 0. The molecule has 2 aromatic heterocycles. The molecule has 1 amide bonds. The largest absolute Gasteiger partial charge is 0.451 e. The maximum Gasteiger partial charge on any atom is 0.293 e. The first kappa shape index (κ1) is 25.4. The summed E-state index contributed by atoms with van der Waals surface area (Å²) in [6, 6.07) is 25.0. The van der Waals surface area contributed by atoms with Crippen molar-refractivity contribution in [1.29, 1.82) is 0 Å². The van der Waals surface area contributed by atoms with E-state index in [9.17, 15) is 4.79 Å². The van der Waals surface area contributed by atoms with E-state index < -0.39 is 5.91 Å². The number of oxazole rings is 1. The second kappa shape index (κ2) is 10.4. The lowest BCUT2D eigenvalue weighted by Gasteiger charge is -2.08. The molecule has 2 N–H and O–H groups in total. The van der Waals surface area contributed by atoms with Crippen LogP contribution >= 0.6 is 47.0 Å². The fourth-order valence-corrected chi connectivity index (χ4v) is 5.03. The summed E-state index contributed by atoms with van der Waals surface area (Å²) in [7, 11) is 0. The van der Waals surface area contributed by atoms with Gasteiger partial charge in [0.05, 0.1) is 5.02 Å². The Hall–Kier alpha value is -3.88. The topological polar surface area (TPSA) is 80.3 Å². The summed E-state index contributed by atoms with van der Waals surface area (Å²) in [4.78, 5) is 17.4.